The van der Waals surface area contributed by atoms with Crippen molar-refractivity contribution in [1.29, 1.82) is 0 Å². The lowest BCUT2D eigenvalue weighted by Crippen LogP contribution is -2.26. The van der Waals surface area contributed by atoms with Crippen LogP contribution < -0.4 is 5.32 Å². The smallest absolute Gasteiger partial charge is 0.283 e. The molecule has 0 spiro atoms. The number of amides is 2. The number of azo groups is 1. The molecular weight excluding hydrogens is 492 g/mol. The number of aromatic nitrogens is 1. The molecule has 0 atom stereocenters. The highest BCUT2D eigenvalue weighted by Gasteiger charge is 2.14. The number of hydrogen-bond donors (Lipinski definition) is 3. The normalized spacial score (nSPS) is 11.5. The summed E-state index contributed by atoms with van der Waals surface area (Å²) < 4.78 is 1.49. The van der Waals surface area contributed by atoms with Crippen molar-refractivity contribution in [1.82, 2.24) is 10.3 Å². The van der Waals surface area contributed by atoms with Crippen molar-refractivity contribution in [3.05, 3.63) is 63.0 Å². The van der Waals surface area contributed by atoms with Gasteiger partial charge in [-0.05, 0) is 39.7 Å². The molecule has 1 aromatic heterocycles. The second kappa shape index (κ2) is 8.94. The first kappa shape index (κ1) is 20.0. The molecule has 3 aromatic rings. The summed E-state index contributed by atoms with van der Waals surface area (Å²) in [4.78, 5) is 26.4. The maximum atomic E-state index is 11.9. The molecule has 9 heteroatoms. The zero-order valence-corrected chi connectivity index (χ0v) is 17.5. The van der Waals surface area contributed by atoms with E-state index in [0.29, 0.717) is 10.9 Å². The minimum atomic E-state index is -0.649. The maximum absolute atomic E-state index is 11.9. The molecule has 0 aliphatic heterocycles. The lowest BCUT2D eigenvalue weighted by Gasteiger charge is -1.98. The van der Waals surface area contributed by atoms with Gasteiger partial charge in [0.25, 0.3) is 5.91 Å². The summed E-state index contributed by atoms with van der Waals surface area (Å²) in [6, 6.07) is 12.9. The van der Waals surface area contributed by atoms with Crippen LogP contribution in [0.15, 0.2) is 67.7 Å². The Labute approximate surface area is 176 Å². The quantitative estimate of drug-likeness (QED) is 0.341. The Morgan fingerprint density at radius 1 is 1.18 bits per heavy atom. The van der Waals surface area contributed by atoms with Gasteiger partial charge < -0.3 is 15.4 Å². The Hall–Kier alpha value is -2.78. The molecule has 28 heavy (non-hydrogen) atoms. The molecule has 142 valence electrons. The van der Waals surface area contributed by atoms with Crippen molar-refractivity contribution in [2.24, 2.45) is 10.2 Å². The van der Waals surface area contributed by atoms with Gasteiger partial charge in [0.2, 0.25) is 11.8 Å². The summed E-state index contributed by atoms with van der Waals surface area (Å²) >= 11 is 6.74. The van der Waals surface area contributed by atoms with Gasteiger partial charge in [-0.2, -0.15) is 0 Å². The predicted octanol–water partition coefficient (Wildman–Crippen LogP) is 4.84. The highest BCUT2D eigenvalue weighted by atomic mass is 79.9. The first-order chi connectivity index (χ1) is 13.4. The number of carbonyl (C=O) groups is 2. The molecule has 0 aliphatic rings. The van der Waals surface area contributed by atoms with Gasteiger partial charge in [0.05, 0.1) is 5.52 Å². The molecule has 3 rings (SSSR count). The monoisotopic (exact) mass is 504 g/mol. The topological polar surface area (TPSA) is 107 Å². The molecule has 7 nitrogen and oxygen atoms in total. The zero-order chi connectivity index (χ0) is 20.1. The molecule has 0 aliphatic carbocycles. The molecule has 0 unspecified atom stereocenters. The molecular formula is C19H14Br2N4O3. The molecule has 1 heterocycles. The van der Waals surface area contributed by atoms with Crippen LogP contribution >= 0.6 is 31.9 Å². The first-order valence-corrected chi connectivity index (χ1v) is 9.68. The third-order valence-electron chi connectivity index (χ3n) is 3.68. The second-order valence-corrected chi connectivity index (χ2v) is 7.46. The van der Waals surface area contributed by atoms with Gasteiger partial charge in [-0.1, -0.05) is 46.3 Å². The predicted molar refractivity (Wildman–Crippen MR) is 113 cm³/mol. The van der Waals surface area contributed by atoms with E-state index in [4.69, 9.17) is 0 Å². The minimum Gasteiger partial charge on any atom is -0.493 e. The van der Waals surface area contributed by atoms with Crippen LogP contribution in [0.5, 0.6) is 5.88 Å². The van der Waals surface area contributed by atoms with Gasteiger partial charge in [0.1, 0.15) is 6.54 Å². The number of fused-ring (bicyclic) bond motifs is 1. The minimum absolute atomic E-state index is 0.139. The molecule has 0 saturated heterocycles. The van der Waals surface area contributed by atoms with Crippen molar-refractivity contribution >= 4 is 66.3 Å². The van der Waals surface area contributed by atoms with Crippen molar-refractivity contribution in [3.63, 3.8) is 0 Å². The van der Waals surface area contributed by atoms with Gasteiger partial charge in [-0.15, -0.1) is 10.2 Å². The van der Waals surface area contributed by atoms with Gasteiger partial charge in [0.15, 0.2) is 5.69 Å². The van der Waals surface area contributed by atoms with Crippen molar-refractivity contribution < 1.29 is 14.7 Å². The van der Waals surface area contributed by atoms with Crippen molar-refractivity contribution in [2.75, 3.05) is 6.54 Å². The summed E-state index contributed by atoms with van der Waals surface area (Å²) in [5.74, 6) is -1.28. The summed E-state index contributed by atoms with van der Waals surface area (Å²) in [6.45, 7) is -0.308. The Morgan fingerprint density at radius 2 is 1.93 bits per heavy atom. The van der Waals surface area contributed by atoms with Gasteiger partial charge >= 0.3 is 0 Å². The fourth-order valence-electron chi connectivity index (χ4n) is 2.39. The number of aromatic amines is 1. The summed E-state index contributed by atoms with van der Waals surface area (Å²) in [7, 11) is 0. The molecule has 0 fully saturated rings. The van der Waals surface area contributed by atoms with Crippen LogP contribution in [0.4, 0.5) is 5.69 Å². The molecule has 3 N–H and O–H groups in total. The van der Waals surface area contributed by atoms with Crippen LogP contribution in [0.25, 0.3) is 17.0 Å². The average Bonchev–Trinajstić information content (AvgIpc) is 2.99. The van der Waals surface area contributed by atoms with Crippen LogP contribution in [0.2, 0.25) is 0 Å². The molecule has 2 amide bonds. The van der Waals surface area contributed by atoms with E-state index in [0.717, 1.165) is 14.5 Å². The fourth-order valence-corrected chi connectivity index (χ4v) is 3.72. The standard InChI is InChI=1S/C19H14Br2N4O3/c20-12-8-13-17(14(21)9-12)23-19(28)18(13)25-24-16(27)10-22-15(26)7-6-11-4-2-1-3-5-11/h1-9,23,28H,10H2,(H,22,26)/b7-6+,25-24?. The molecule has 0 bridgehead atoms. The Bertz CT molecular complexity index is 1090. The summed E-state index contributed by atoms with van der Waals surface area (Å²) in [5, 5.41) is 20.4. The van der Waals surface area contributed by atoms with Crippen LogP contribution in [-0.2, 0) is 9.59 Å². The van der Waals surface area contributed by atoms with Crippen molar-refractivity contribution in [3.8, 4) is 5.88 Å². The Morgan fingerprint density at radius 3 is 2.68 bits per heavy atom. The second-order valence-electron chi connectivity index (χ2n) is 5.69. The zero-order valence-electron chi connectivity index (χ0n) is 14.3. The van der Waals surface area contributed by atoms with E-state index >= 15 is 0 Å². The average molecular weight is 506 g/mol. The van der Waals surface area contributed by atoms with E-state index in [1.54, 1.807) is 12.1 Å². The van der Waals surface area contributed by atoms with Crippen LogP contribution in [0.3, 0.4) is 0 Å². The number of aromatic hydroxyl groups is 1. The van der Waals surface area contributed by atoms with Crippen LogP contribution in [0.1, 0.15) is 5.56 Å². The van der Waals surface area contributed by atoms with E-state index < -0.39 is 11.8 Å². The lowest BCUT2D eigenvalue weighted by molar-refractivity contribution is -0.122. The fraction of sp³-hybridized carbons (Fsp3) is 0.0526. The summed E-state index contributed by atoms with van der Waals surface area (Å²) in [5.41, 5.74) is 1.64. The Kier molecular flexibility index (Phi) is 6.37. The first-order valence-electron chi connectivity index (χ1n) is 8.09. The molecule has 0 saturated carbocycles. The van der Waals surface area contributed by atoms with Crippen LogP contribution in [0, 0.1) is 0 Å². The molecule has 2 aromatic carbocycles. The molecule has 0 radical (unpaired) electrons. The third-order valence-corrected chi connectivity index (χ3v) is 4.76. The number of rotatable bonds is 5. The number of benzene rings is 2. The van der Waals surface area contributed by atoms with E-state index in [1.807, 2.05) is 36.4 Å². The maximum Gasteiger partial charge on any atom is 0.283 e. The highest BCUT2D eigenvalue weighted by Crippen LogP contribution is 2.40. The van der Waals surface area contributed by atoms with Gasteiger partial charge in [-0.3, -0.25) is 9.59 Å². The highest BCUT2D eigenvalue weighted by molar-refractivity contribution is 9.11. The largest absolute Gasteiger partial charge is 0.493 e. The SMILES string of the molecule is O=C(CNC(=O)/C=C/c1ccccc1)N=Nc1c(O)[nH]c2c(Br)cc(Br)cc12. The van der Waals surface area contributed by atoms with Gasteiger partial charge in [-0.25, -0.2) is 0 Å². The van der Waals surface area contributed by atoms with Crippen molar-refractivity contribution in [2.45, 2.75) is 0 Å². The number of carbonyl (C=O) groups excluding carboxylic acids is 2. The number of halogens is 2. The number of hydrogen-bond acceptors (Lipinski definition) is 4. The van der Waals surface area contributed by atoms with Crippen LogP contribution in [-0.4, -0.2) is 28.4 Å². The summed E-state index contributed by atoms with van der Waals surface area (Å²) in [6.07, 6.45) is 2.97. The number of nitrogens with zero attached hydrogens (tertiary/aromatic N) is 2. The Balaban J connectivity index is 1.63. The lowest BCUT2D eigenvalue weighted by atomic mass is 10.2. The van der Waals surface area contributed by atoms with Gasteiger partial charge in [0, 0.05) is 20.4 Å². The van der Waals surface area contributed by atoms with E-state index in [-0.39, 0.29) is 18.1 Å². The number of H-pyrrole nitrogens is 1. The number of nitrogens with one attached hydrogen (secondary N) is 2. The third kappa shape index (κ3) is 4.93. The van der Waals surface area contributed by atoms with E-state index in [1.165, 1.54) is 6.08 Å². The van der Waals surface area contributed by atoms with E-state index in [2.05, 4.69) is 52.4 Å². The van der Waals surface area contributed by atoms with E-state index in [9.17, 15) is 14.7 Å².